The first-order valence-corrected chi connectivity index (χ1v) is 17.3. The van der Waals surface area contributed by atoms with Gasteiger partial charge in [-0.2, -0.15) is 9.47 Å². The van der Waals surface area contributed by atoms with Gasteiger partial charge < -0.3 is 10.5 Å². The van der Waals surface area contributed by atoms with Crippen LogP contribution in [0.25, 0.3) is 16.3 Å². The number of esters is 1. The molecule has 2 aliphatic rings. The third kappa shape index (κ3) is 6.99. The van der Waals surface area contributed by atoms with E-state index in [9.17, 15) is 27.2 Å². The van der Waals surface area contributed by atoms with E-state index in [4.69, 9.17) is 22.1 Å². The minimum absolute atomic E-state index is 0.0122. The maximum absolute atomic E-state index is 16.2. The number of rotatable bonds is 12. The van der Waals surface area contributed by atoms with Crippen LogP contribution in [0.1, 0.15) is 82.8 Å². The smallest absolute Gasteiger partial charge is 0.306 e. The normalized spacial score (nSPS) is 19.2. The van der Waals surface area contributed by atoms with Crippen LogP contribution >= 0.6 is 23.1 Å². The summed E-state index contributed by atoms with van der Waals surface area (Å²) in [5, 5.41) is 4.33. The van der Waals surface area contributed by atoms with E-state index < -0.39 is 71.3 Å². The number of hydrogen-bond donors (Lipinski definition) is 1. The molecule has 6 rings (SSSR count). The number of nitrogens with two attached hydrogens (primary N) is 1. The second-order valence-electron chi connectivity index (χ2n) is 14.3. The molecule has 18 heteroatoms. The number of benzene rings is 2. The maximum Gasteiger partial charge on any atom is 0.306 e. The molecule has 1 amide bonds. The highest BCUT2D eigenvalue weighted by atomic mass is 35.5. The molecule has 0 radical (unpaired) electrons. The van der Waals surface area contributed by atoms with E-state index in [1.807, 2.05) is 20.8 Å². The Hall–Kier alpha value is -4.51. The molecule has 0 saturated heterocycles. The van der Waals surface area contributed by atoms with E-state index in [0.29, 0.717) is 10.6 Å². The van der Waals surface area contributed by atoms with Gasteiger partial charge in [0.2, 0.25) is 0 Å². The summed E-state index contributed by atoms with van der Waals surface area (Å²) in [7, 11) is 0. The van der Waals surface area contributed by atoms with Crippen LogP contribution in [0.15, 0.2) is 54.0 Å². The summed E-state index contributed by atoms with van der Waals surface area (Å²) >= 11 is 7.49. The zero-order chi connectivity index (χ0) is 37.8. The molecule has 0 bridgehead atoms. The zero-order valence-electron chi connectivity index (χ0n) is 28.4. The van der Waals surface area contributed by atoms with E-state index in [1.54, 1.807) is 6.07 Å². The van der Waals surface area contributed by atoms with Gasteiger partial charge in [0.25, 0.3) is 18.3 Å². The van der Waals surface area contributed by atoms with Crippen LogP contribution in [0.5, 0.6) is 0 Å². The van der Waals surface area contributed by atoms with Gasteiger partial charge in [0.1, 0.15) is 30.1 Å². The van der Waals surface area contributed by atoms with Gasteiger partial charge in [-0.25, -0.2) is 41.6 Å². The van der Waals surface area contributed by atoms with Crippen molar-refractivity contribution < 1.29 is 36.3 Å². The van der Waals surface area contributed by atoms with Gasteiger partial charge in [-0.3, -0.25) is 14.5 Å². The quantitative estimate of drug-likeness (QED) is 0.116. The van der Waals surface area contributed by atoms with Crippen LogP contribution in [0.3, 0.4) is 0 Å². The van der Waals surface area contributed by atoms with E-state index in [1.165, 1.54) is 36.7 Å². The number of aliphatic imine (C=N–C) groups is 1. The second-order valence-corrected chi connectivity index (χ2v) is 15.5. The van der Waals surface area contributed by atoms with Gasteiger partial charge in [-0.15, -0.1) is 0 Å². The second kappa shape index (κ2) is 13.5. The van der Waals surface area contributed by atoms with E-state index in [-0.39, 0.29) is 47.1 Å². The number of guanidine groups is 1. The predicted molar refractivity (Wildman–Crippen MR) is 181 cm³/mol. The predicted octanol–water partition coefficient (Wildman–Crippen LogP) is 7.41. The molecule has 4 aromatic rings. The Balaban J connectivity index is 1.43. The molecular formula is C34H34ClF5N8O3S. The SMILES string of the molecule is CC(C)(C)C[C@]1(c2ccc(-c3ncns3)cc2F)N=C(N)N([C@H](COC(=O)CC2(C(C)(F)F)CC2)c2ccc(Cl)c(-n3ncnc3C(F)F)c2)C1=O. The zero-order valence-corrected chi connectivity index (χ0v) is 30.0. The monoisotopic (exact) mass is 764 g/mol. The molecule has 1 aliphatic carbocycles. The number of amides is 1. The van der Waals surface area contributed by atoms with Crippen LogP contribution in [0.2, 0.25) is 5.02 Å². The van der Waals surface area contributed by atoms with Crippen molar-refractivity contribution in [3.8, 4) is 16.3 Å². The van der Waals surface area contributed by atoms with E-state index >= 15 is 4.39 Å². The van der Waals surface area contributed by atoms with Crippen molar-refractivity contribution in [1.82, 2.24) is 29.0 Å². The summed E-state index contributed by atoms with van der Waals surface area (Å²) in [6, 6.07) is 7.09. The van der Waals surface area contributed by atoms with Crippen molar-refractivity contribution in [2.24, 2.45) is 21.6 Å². The molecule has 276 valence electrons. The summed E-state index contributed by atoms with van der Waals surface area (Å²) in [6.45, 7) is 5.65. The molecule has 2 N–H and O–H groups in total. The van der Waals surface area contributed by atoms with Gasteiger partial charge in [0.15, 0.2) is 17.3 Å². The number of nitrogens with zero attached hydrogens (tertiary/aromatic N) is 7. The van der Waals surface area contributed by atoms with Gasteiger partial charge >= 0.3 is 5.97 Å². The summed E-state index contributed by atoms with van der Waals surface area (Å²) in [5.74, 6) is -6.69. The molecule has 1 aliphatic heterocycles. The first-order valence-electron chi connectivity index (χ1n) is 16.1. The molecule has 2 atom stereocenters. The fourth-order valence-electron chi connectivity index (χ4n) is 6.56. The minimum atomic E-state index is -3.14. The third-order valence-electron chi connectivity index (χ3n) is 9.27. The molecule has 11 nitrogen and oxygen atoms in total. The average molecular weight is 765 g/mol. The van der Waals surface area contributed by atoms with Crippen molar-refractivity contribution in [2.75, 3.05) is 6.61 Å². The number of alkyl halides is 4. The molecular weight excluding hydrogens is 731 g/mol. The number of carbonyl (C=O) groups is 2. The average Bonchev–Trinajstić information content (AvgIpc) is 3.37. The number of halogens is 6. The van der Waals surface area contributed by atoms with Crippen molar-refractivity contribution in [3.63, 3.8) is 0 Å². The Morgan fingerprint density at radius 1 is 1.10 bits per heavy atom. The lowest BCUT2D eigenvalue weighted by Crippen LogP contribution is -2.47. The molecule has 1 saturated carbocycles. The van der Waals surface area contributed by atoms with Gasteiger partial charge in [-0.05, 0) is 66.9 Å². The number of ether oxygens (including phenoxy) is 1. The fraction of sp³-hybridized carbons (Fsp3) is 0.441. The van der Waals surface area contributed by atoms with Crippen LogP contribution in [0, 0.1) is 16.6 Å². The van der Waals surface area contributed by atoms with Crippen molar-refractivity contribution in [3.05, 3.63) is 76.8 Å². The molecule has 0 spiro atoms. The molecule has 52 heavy (non-hydrogen) atoms. The minimum Gasteiger partial charge on any atom is -0.463 e. The number of carbonyl (C=O) groups excluding carboxylic acids is 2. The molecule has 1 fully saturated rings. The standard InChI is InChI=1S/C34H34ClF5N8O3S/c1-31(2,3)15-34(20-7-5-19(11-22(20)36)28-43-17-45-52-28)29(50)47(30(41)46-34)24(14-51-25(49)13-33(9-10-33)32(4,39)40)18-6-8-21(35)23(12-18)48-27(26(37)38)42-16-44-48/h5-8,11-12,16-17,24,26H,9-10,13-15H2,1-4H3,(H2,41,46)/t24-,34-/m1/s1. The highest BCUT2D eigenvalue weighted by Crippen LogP contribution is 2.59. The first kappa shape index (κ1) is 37.3. The Morgan fingerprint density at radius 3 is 2.42 bits per heavy atom. The summed E-state index contributed by atoms with van der Waals surface area (Å²) < 4.78 is 82.9. The van der Waals surface area contributed by atoms with Crippen molar-refractivity contribution in [1.29, 1.82) is 0 Å². The maximum atomic E-state index is 16.2. The number of hydrogen-bond acceptors (Lipinski definition) is 10. The molecule has 3 heterocycles. The Morgan fingerprint density at radius 2 is 1.83 bits per heavy atom. The lowest BCUT2D eigenvalue weighted by molar-refractivity contribution is -0.153. The summed E-state index contributed by atoms with van der Waals surface area (Å²) in [4.78, 5) is 41.4. The number of aromatic nitrogens is 5. The molecule has 2 aromatic carbocycles. The van der Waals surface area contributed by atoms with Crippen LogP contribution < -0.4 is 5.73 Å². The Labute approximate surface area is 304 Å². The summed E-state index contributed by atoms with van der Waals surface area (Å²) in [5.41, 5.74) is 2.92. The third-order valence-corrected chi connectivity index (χ3v) is 10.3. The van der Waals surface area contributed by atoms with E-state index in [2.05, 4.69) is 24.4 Å². The van der Waals surface area contributed by atoms with Crippen molar-refractivity contribution in [2.45, 2.75) is 77.3 Å². The van der Waals surface area contributed by atoms with Gasteiger partial charge in [0.05, 0.1) is 23.2 Å². The van der Waals surface area contributed by atoms with E-state index in [0.717, 1.165) is 34.4 Å². The van der Waals surface area contributed by atoms with Gasteiger partial charge in [-0.1, -0.05) is 50.6 Å². The largest absolute Gasteiger partial charge is 0.463 e. The first-order chi connectivity index (χ1) is 24.4. The van der Waals surface area contributed by atoms with Crippen molar-refractivity contribution >= 4 is 41.0 Å². The Kier molecular flexibility index (Phi) is 9.65. The fourth-order valence-corrected chi connectivity index (χ4v) is 7.28. The van der Waals surface area contributed by atoms with Gasteiger partial charge in [0, 0.05) is 16.5 Å². The molecule has 2 aromatic heterocycles. The molecule has 0 unspecified atom stereocenters. The van der Waals surface area contributed by atoms with Crippen LogP contribution in [-0.2, 0) is 19.9 Å². The summed E-state index contributed by atoms with van der Waals surface area (Å²) in [6.07, 6.45) is -1.12. The highest BCUT2D eigenvalue weighted by Gasteiger charge is 2.60. The highest BCUT2D eigenvalue weighted by molar-refractivity contribution is 7.09. The van der Waals surface area contributed by atoms with Crippen LogP contribution in [-0.4, -0.2) is 59.4 Å². The Bertz CT molecular complexity index is 2030. The lowest BCUT2D eigenvalue weighted by atomic mass is 9.75. The van der Waals surface area contributed by atoms with Crippen LogP contribution in [0.4, 0.5) is 22.0 Å². The topological polar surface area (TPSA) is 141 Å². The lowest BCUT2D eigenvalue weighted by Gasteiger charge is -2.35.